The molecule has 56 heavy (non-hydrogen) atoms. The van der Waals surface area contributed by atoms with Gasteiger partial charge in [-0.1, -0.05) is 179 Å². The maximum Gasteiger partial charge on any atom is 0.305 e. The molecule has 0 radical (unpaired) electrons. The summed E-state index contributed by atoms with van der Waals surface area (Å²) in [5.41, 5.74) is 0. The van der Waals surface area contributed by atoms with Crippen molar-refractivity contribution in [3.63, 3.8) is 0 Å². The average Bonchev–Trinajstić information content (AvgIpc) is 3.20. The van der Waals surface area contributed by atoms with Crippen LogP contribution in [-0.2, 0) is 14.3 Å². The highest BCUT2D eigenvalue weighted by Gasteiger charge is 2.18. The Bertz CT molecular complexity index is 915. The standard InChI is InChI=1S/C50H93NO5/c1-3-5-7-9-11-13-14-15-16-17-18-19-20-24-28-32-36-40-44-50(55)56-45-41-37-33-29-25-22-21-23-27-31-35-39-43-49(54)51-47(46-52)48(53)42-38-34-30-26-12-10-8-6-4-2/h16-17,22,25,38,42,47-48,52-53H,3-15,18-21,23-24,26-37,39-41,43-46H2,1-2H3,(H,51,54)/b17-16-,25-22-,42-38+. The van der Waals surface area contributed by atoms with E-state index < -0.39 is 12.1 Å². The summed E-state index contributed by atoms with van der Waals surface area (Å²) in [7, 11) is 0. The summed E-state index contributed by atoms with van der Waals surface area (Å²) >= 11 is 0. The molecule has 0 saturated heterocycles. The minimum Gasteiger partial charge on any atom is -0.466 e. The van der Waals surface area contributed by atoms with E-state index in [2.05, 4.69) is 43.5 Å². The van der Waals surface area contributed by atoms with E-state index >= 15 is 0 Å². The van der Waals surface area contributed by atoms with Gasteiger partial charge in [-0.3, -0.25) is 9.59 Å². The van der Waals surface area contributed by atoms with Crippen LogP contribution in [0.25, 0.3) is 0 Å². The lowest BCUT2D eigenvalue weighted by Gasteiger charge is -2.20. The van der Waals surface area contributed by atoms with Gasteiger partial charge in [0.05, 0.1) is 25.4 Å². The third-order valence-corrected chi connectivity index (χ3v) is 10.9. The largest absolute Gasteiger partial charge is 0.466 e. The highest BCUT2D eigenvalue weighted by atomic mass is 16.5. The SMILES string of the molecule is CCCCCCCCC/C=C\CCCCCCCCCC(=O)OCCCCC/C=C\CCCCCCCC(=O)NC(CO)C(O)/C=C/CCCCCCCCC. The second kappa shape index (κ2) is 45.8. The van der Waals surface area contributed by atoms with Crippen molar-refractivity contribution in [3.05, 3.63) is 36.5 Å². The predicted molar refractivity (Wildman–Crippen MR) is 241 cm³/mol. The highest BCUT2D eigenvalue weighted by Crippen LogP contribution is 2.14. The number of ether oxygens (including phenoxy) is 1. The first-order valence-electron chi connectivity index (χ1n) is 24.3. The molecule has 0 heterocycles. The van der Waals surface area contributed by atoms with Crippen LogP contribution in [0, 0.1) is 0 Å². The summed E-state index contributed by atoms with van der Waals surface area (Å²) in [5.74, 6) is -0.127. The molecule has 0 spiro atoms. The summed E-state index contributed by atoms with van der Waals surface area (Å²) in [4.78, 5) is 24.4. The summed E-state index contributed by atoms with van der Waals surface area (Å²) < 4.78 is 5.44. The Morgan fingerprint density at radius 2 is 0.839 bits per heavy atom. The van der Waals surface area contributed by atoms with Gasteiger partial charge in [0.1, 0.15) is 0 Å². The molecule has 0 aliphatic heterocycles. The van der Waals surface area contributed by atoms with Gasteiger partial charge in [-0.05, 0) is 89.9 Å². The van der Waals surface area contributed by atoms with Crippen LogP contribution in [0.4, 0.5) is 0 Å². The van der Waals surface area contributed by atoms with Crippen molar-refractivity contribution in [2.24, 2.45) is 0 Å². The number of esters is 1. The number of unbranched alkanes of at least 4 members (excludes halogenated alkanes) is 29. The Morgan fingerprint density at radius 1 is 0.482 bits per heavy atom. The Labute approximate surface area is 347 Å². The smallest absolute Gasteiger partial charge is 0.305 e. The molecule has 2 atom stereocenters. The topological polar surface area (TPSA) is 95.9 Å². The van der Waals surface area contributed by atoms with Gasteiger partial charge in [-0.2, -0.15) is 0 Å². The summed E-state index contributed by atoms with van der Waals surface area (Å²) in [6.07, 6.45) is 54.3. The van der Waals surface area contributed by atoms with Crippen molar-refractivity contribution < 1.29 is 24.5 Å². The quantitative estimate of drug-likeness (QED) is 0.0325. The van der Waals surface area contributed by atoms with Crippen LogP contribution in [0.3, 0.4) is 0 Å². The predicted octanol–water partition coefficient (Wildman–Crippen LogP) is 14.1. The molecule has 328 valence electrons. The molecule has 0 aliphatic rings. The summed E-state index contributed by atoms with van der Waals surface area (Å²) in [5, 5.41) is 22.8. The lowest BCUT2D eigenvalue weighted by atomic mass is 10.1. The second-order valence-electron chi connectivity index (χ2n) is 16.4. The molecule has 0 rings (SSSR count). The van der Waals surface area contributed by atoms with Gasteiger partial charge in [-0.15, -0.1) is 0 Å². The molecule has 0 aliphatic carbocycles. The van der Waals surface area contributed by atoms with Crippen LogP contribution >= 0.6 is 0 Å². The third kappa shape index (κ3) is 41.7. The molecular weight excluding hydrogens is 695 g/mol. The van der Waals surface area contributed by atoms with Gasteiger partial charge in [-0.25, -0.2) is 0 Å². The fourth-order valence-electron chi connectivity index (χ4n) is 7.09. The minimum atomic E-state index is -0.858. The van der Waals surface area contributed by atoms with Crippen LogP contribution in [0.1, 0.15) is 245 Å². The summed E-state index contributed by atoms with van der Waals surface area (Å²) in [6, 6.07) is -0.644. The first-order chi connectivity index (χ1) is 27.5. The molecule has 0 aromatic heterocycles. The Balaban J connectivity index is 3.50. The van der Waals surface area contributed by atoms with E-state index in [1.54, 1.807) is 6.08 Å². The third-order valence-electron chi connectivity index (χ3n) is 10.9. The second-order valence-corrected chi connectivity index (χ2v) is 16.4. The lowest BCUT2D eigenvalue weighted by Crippen LogP contribution is -2.45. The number of aliphatic hydroxyl groups excluding tert-OH is 2. The van der Waals surface area contributed by atoms with E-state index in [1.807, 2.05) is 6.08 Å². The first kappa shape index (κ1) is 54.1. The number of aliphatic hydroxyl groups is 2. The average molecular weight is 788 g/mol. The molecule has 0 aromatic carbocycles. The van der Waals surface area contributed by atoms with E-state index in [-0.39, 0.29) is 18.5 Å². The van der Waals surface area contributed by atoms with Gasteiger partial charge in [0.25, 0.3) is 0 Å². The maximum atomic E-state index is 12.3. The number of nitrogens with one attached hydrogen (secondary N) is 1. The van der Waals surface area contributed by atoms with E-state index in [0.29, 0.717) is 19.4 Å². The van der Waals surface area contributed by atoms with Crippen molar-refractivity contribution in [1.29, 1.82) is 0 Å². The number of carbonyl (C=O) groups is 2. The van der Waals surface area contributed by atoms with Gasteiger partial charge in [0, 0.05) is 12.8 Å². The van der Waals surface area contributed by atoms with Gasteiger partial charge in [0.15, 0.2) is 0 Å². The normalized spacial score (nSPS) is 13.0. The number of rotatable bonds is 44. The van der Waals surface area contributed by atoms with Crippen LogP contribution < -0.4 is 5.32 Å². The number of hydrogen-bond acceptors (Lipinski definition) is 5. The van der Waals surface area contributed by atoms with Gasteiger partial charge >= 0.3 is 5.97 Å². The van der Waals surface area contributed by atoms with Crippen molar-refractivity contribution in [1.82, 2.24) is 5.32 Å². The first-order valence-corrected chi connectivity index (χ1v) is 24.3. The molecule has 0 saturated carbocycles. The Kier molecular flexibility index (Phi) is 44.2. The van der Waals surface area contributed by atoms with Crippen LogP contribution in [0.5, 0.6) is 0 Å². The molecule has 6 nitrogen and oxygen atoms in total. The van der Waals surface area contributed by atoms with Crippen LogP contribution in [0.2, 0.25) is 0 Å². The molecule has 3 N–H and O–H groups in total. The van der Waals surface area contributed by atoms with Crippen molar-refractivity contribution >= 4 is 11.9 Å². The van der Waals surface area contributed by atoms with E-state index in [4.69, 9.17) is 4.74 Å². The van der Waals surface area contributed by atoms with Crippen molar-refractivity contribution in [2.45, 2.75) is 257 Å². The lowest BCUT2D eigenvalue weighted by molar-refractivity contribution is -0.143. The summed E-state index contributed by atoms with van der Waals surface area (Å²) in [6.45, 7) is 4.80. The Hall–Kier alpha value is -1.92. The molecule has 1 amide bonds. The fraction of sp³-hybridized carbons (Fsp3) is 0.840. The van der Waals surface area contributed by atoms with Gasteiger partial charge in [0.2, 0.25) is 5.91 Å². The Morgan fingerprint density at radius 3 is 1.27 bits per heavy atom. The number of allylic oxidation sites excluding steroid dienone is 5. The van der Waals surface area contributed by atoms with Crippen LogP contribution in [0.15, 0.2) is 36.5 Å². The molecule has 0 aromatic rings. The molecule has 0 bridgehead atoms. The van der Waals surface area contributed by atoms with Gasteiger partial charge < -0.3 is 20.3 Å². The minimum absolute atomic E-state index is 0.0286. The molecule has 0 fully saturated rings. The zero-order valence-electron chi connectivity index (χ0n) is 37.1. The fourth-order valence-corrected chi connectivity index (χ4v) is 7.09. The maximum absolute atomic E-state index is 12.3. The molecule has 6 heteroatoms. The zero-order valence-corrected chi connectivity index (χ0v) is 37.1. The molecule has 2 unspecified atom stereocenters. The number of amides is 1. The van der Waals surface area contributed by atoms with Crippen molar-refractivity contribution in [2.75, 3.05) is 13.2 Å². The number of carbonyl (C=O) groups excluding carboxylic acids is 2. The number of hydrogen-bond donors (Lipinski definition) is 3. The molecular formula is C50H93NO5. The van der Waals surface area contributed by atoms with Crippen molar-refractivity contribution in [3.8, 4) is 0 Å². The van der Waals surface area contributed by atoms with E-state index in [1.165, 1.54) is 135 Å². The van der Waals surface area contributed by atoms with Crippen LogP contribution in [-0.4, -0.2) is 47.4 Å². The van der Waals surface area contributed by atoms with E-state index in [0.717, 1.165) is 83.5 Å². The monoisotopic (exact) mass is 788 g/mol. The zero-order chi connectivity index (χ0) is 40.8. The van der Waals surface area contributed by atoms with E-state index in [9.17, 15) is 19.8 Å². The highest BCUT2D eigenvalue weighted by molar-refractivity contribution is 5.76.